The Bertz CT molecular complexity index is 1710. The Morgan fingerprint density at radius 1 is 0.939 bits per heavy atom. The summed E-state index contributed by atoms with van der Waals surface area (Å²) in [5.74, 6) is 0.434. The number of morpholine rings is 1. The number of carbonyl (C=O) groups excluding carboxylic acids is 3. The third-order valence-corrected chi connectivity index (χ3v) is 10.2. The van der Waals surface area contributed by atoms with Gasteiger partial charge in [-0.3, -0.25) is 19.4 Å². The molecule has 1 unspecified atom stereocenters. The van der Waals surface area contributed by atoms with E-state index in [1.54, 1.807) is 17.0 Å². The molecule has 0 aliphatic carbocycles. The van der Waals surface area contributed by atoms with Gasteiger partial charge in [0.05, 0.1) is 32.1 Å². The molecule has 4 heterocycles. The van der Waals surface area contributed by atoms with Crippen molar-refractivity contribution in [2.75, 3.05) is 56.2 Å². The van der Waals surface area contributed by atoms with E-state index in [0.717, 1.165) is 67.4 Å². The van der Waals surface area contributed by atoms with Gasteiger partial charge in [-0.2, -0.15) is 0 Å². The Morgan fingerprint density at radius 2 is 1.71 bits per heavy atom. The zero-order chi connectivity index (χ0) is 33.6. The molecular formula is C37H39N5O6S. The molecule has 49 heavy (non-hydrogen) atoms. The molecule has 4 aliphatic rings. The van der Waals surface area contributed by atoms with Crippen molar-refractivity contribution in [1.82, 2.24) is 9.80 Å². The largest absolute Gasteiger partial charge is 0.496 e. The number of benzene rings is 3. The zero-order valence-electron chi connectivity index (χ0n) is 27.2. The number of nitrogens with one attached hydrogen (secondary N) is 1. The van der Waals surface area contributed by atoms with Crippen molar-refractivity contribution in [2.24, 2.45) is 4.99 Å². The first-order valence-electron chi connectivity index (χ1n) is 16.7. The van der Waals surface area contributed by atoms with E-state index in [1.165, 1.54) is 16.7 Å². The highest BCUT2D eigenvalue weighted by molar-refractivity contribution is 8.15. The van der Waals surface area contributed by atoms with Crippen LogP contribution in [0.2, 0.25) is 0 Å². The van der Waals surface area contributed by atoms with Gasteiger partial charge in [0.25, 0.3) is 0 Å². The molecule has 254 valence electrons. The van der Waals surface area contributed by atoms with Crippen LogP contribution in [0.25, 0.3) is 0 Å². The van der Waals surface area contributed by atoms with E-state index < -0.39 is 17.4 Å². The molecule has 12 heteroatoms. The van der Waals surface area contributed by atoms with Crippen LogP contribution in [0, 0.1) is 0 Å². The van der Waals surface area contributed by atoms with Gasteiger partial charge >= 0.3 is 6.09 Å². The van der Waals surface area contributed by atoms with Gasteiger partial charge in [0.15, 0.2) is 5.17 Å². The fraction of sp³-hybridized carbons (Fsp3) is 0.351. The van der Waals surface area contributed by atoms with Crippen LogP contribution in [-0.4, -0.2) is 84.9 Å². The highest BCUT2D eigenvalue weighted by Gasteiger charge is 2.40. The zero-order valence-corrected chi connectivity index (χ0v) is 28.0. The summed E-state index contributed by atoms with van der Waals surface area (Å²) in [4.78, 5) is 50.3. The lowest BCUT2D eigenvalue weighted by atomic mass is 10.1. The van der Waals surface area contributed by atoms with Crippen molar-refractivity contribution in [3.63, 3.8) is 0 Å². The molecule has 3 fully saturated rings. The quantitative estimate of drug-likeness (QED) is 0.299. The minimum atomic E-state index is -0.614. The van der Waals surface area contributed by atoms with Crippen molar-refractivity contribution in [1.29, 1.82) is 0 Å². The number of amides is 3. The number of likely N-dealkylation sites (tertiary alicyclic amines) is 1. The van der Waals surface area contributed by atoms with Gasteiger partial charge in [-0.1, -0.05) is 54.2 Å². The lowest BCUT2D eigenvalue weighted by Gasteiger charge is -2.28. The second-order valence-corrected chi connectivity index (χ2v) is 13.3. The molecule has 3 amide bonds. The van der Waals surface area contributed by atoms with Crippen LogP contribution in [0.1, 0.15) is 35.6 Å². The molecule has 3 saturated heterocycles. The molecule has 1 N–H and O–H groups in total. The number of hydrogen-bond donors (Lipinski definition) is 1. The molecule has 0 spiro atoms. The van der Waals surface area contributed by atoms with Crippen molar-refractivity contribution in [2.45, 2.75) is 37.2 Å². The van der Waals surface area contributed by atoms with Crippen molar-refractivity contribution in [3.05, 3.63) is 102 Å². The molecule has 3 aromatic rings. The molecule has 11 nitrogen and oxygen atoms in total. The van der Waals surface area contributed by atoms with E-state index in [9.17, 15) is 14.4 Å². The highest BCUT2D eigenvalue weighted by Crippen LogP contribution is 2.41. The fourth-order valence-corrected chi connectivity index (χ4v) is 7.50. The second-order valence-electron chi connectivity index (χ2n) is 12.2. The van der Waals surface area contributed by atoms with Crippen LogP contribution >= 0.6 is 11.8 Å². The lowest BCUT2D eigenvalue weighted by Crippen LogP contribution is -2.43. The van der Waals surface area contributed by atoms with Crippen molar-refractivity contribution >= 4 is 51.9 Å². The van der Waals surface area contributed by atoms with E-state index >= 15 is 0 Å². The average molecular weight is 682 g/mol. The summed E-state index contributed by atoms with van der Waals surface area (Å²) in [6.07, 6.45) is 3.63. The summed E-state index contributed by atoms with van der Waals surface area (Å²) in [7, 11) is 0. The van der Waals surface area contributed by atoms with E-state index in [0.29, 0.717) is 37.0 Å². The van der Waals surface area contributed by atoms with Gasteiger partial charge in [-0.25, -0.2) is 9.79 Å². The number of aliphatic imine (C=N–C) groups is 1. The monoisotopic (exact) mass is 681 g/mol. The summed E-state index contributed by atoms with van der Waals surface area (Å²) >= 11 is 1.41. The SMILES string of the molecule is O=C(Nc1ccc(C2SC(=Nc3ccc(N4CCOCC4)cc3)N(CC3=CCCO3)C2=O)cc1)[C@@H]1CCCN1C(=O)OCc1ccccc1. The molecule has 7 rings (SSSR count). The summed E-state index contributed by atoms with van der Waals surface area (Å²) < 4.78 is 16.7. The van der Waals surface area contributed by atoms with E-state index in [4.69, 9.17) is 19.2 Å². The number of nitrogens with zero attached hydrogens (tertiary/aromatic N) is 4. The van der Waals surface area contributed by atoms with Crippen LogP contribution in [0.3, 0.4) is 0 Å². The molecule has 4 aliphatic heterocycles. The average Bonchev–Trinajstić information content (AvgIpc) is 3.91. The minimum Gasteiger partial charge on any atom is -0.496 e. The fourth-order valence-electron chi connectivity index (χ4n) is 6.33. The Hall–Kier alpha value is -4.81. The molecule has 2 atom stereocenters. The maximum Gasteiger partial charge on any atom is 0.410 e. The maximum absolute atomic E-state index is 13.8. The van der Waals surface area contributed by atoms with Crippen LogP contribution < -0.4 is 10.2 Å². The Kier molecular flexibility index (Phi) is 10.1. The third kappa shape index (κ3) is 7.76. The number of rotatable bonds is 9. The predicted molar refractivity (Wildman–Crippen MR) is 189 cm³/mol. The minimum absolute atomic E-state index is 0.0718. The standard InChI is InChI=1S/C37H39N5O6S/c43-34(32-9-4-18-41(32)37(45)48-25-26-6-2-1-3-7-26)38-28-12-10-27(11-13-28)33-35(44)42(24-31-8-5-21-47-31)36(49-33)39-29-14-16-30(17-15-29)40-19-22-46-23-20-40/h1-3,6-8,10-17,32-33H,4-5,9,18-25H2,(H,38,43)/t32-,33?/m0/s1. The van der Waals surface area contributed by atoms with Crippen LogP contribution in [0.4, 0.5) is 21.9 Å². The smallest absolute Gasteiger partial charge is 0.410 e. The molecule has 0 saturated carbocycles. The summed E-state index contributed by atoms with van der Waals surface area (Å²) in [5, 5.41) is 3.07. The van der Waals surface area contributed by atoms with Crippen molar-refractivity contribution in [3.8, 4) is 0 Å². The number of carbonyl (C=O) groups is 3. The molecule has 0 bridgehead atoms. The predicted octanol–water partition coefficient (Wildman–Crippen LogP) is 5.87. The summed E-state index contributed by atoms with van der Waals surface area (Å²) in [5.41, 5.74) is 4.17. The lowest BCUT2D eigenvalue weighted by molar-refractivity contribution is -0.126. The number of thioether (sulfide) groups is 1. The first kappa shape index (κ1) is 32.7. The molecule has 3 aromatic carbocycles. The molecule has 0 radical (unpaired) electrons. The van der Waals surface area contributed by atoms with E-state index in [-0.39, 0.29) is 18.4 Å². The second kappa shape index (κ2) is 15.2. The normalized spacial score (nSPS) is 21.6. The number of anilines is 2. The van der Waals surface area contributed by atoms with E-state index in [2.05, 4.69) is 22.3 Å². The highest BCUT2D eigenvalue weighted by atomic mass is 32.2. The first-order valence-corrected chi connectivity index (χ1v) is 17.6. The van der Waals surface area contributed by atoms with Gasteiger partial charge in [0, 0.05) is 37.4 Å². The van der Waals surface area contributed by atoms with Crippen LogP contribution in [0.5, 0.6) is 0 Å². The maximum atomic E-state index is 13.8. The van der Waals surface area contributed by atoms with Crippen molar-refractivity contribution < 1.29 is 28.6 Å². The van der Waals surface area contributed by atoms with Gasteiger partial charge < -0.3 is 24.4 Å². The Labute approximate surface area is 289 Å². The summed E-state index contributed by atoms with van der Waals surface area (Å²) in [6.45, 7) is 4.70. The van der Waals surface area contributed by atoms with Gasteiger partial charge in [-0.05, 0) is 66.4 Å². The number of ether oxygens (including phenoxy) is 3. The number of hydrogen-bond acceptors (Lipinski definition) is 9. The molecular weight excluding hydrogens is 643 g/mol. The summed E-state index contributed by atoms with van der Waals surface area (Å²) in [6, 6.07) is 24.2. The topological polar surface area (TPSA) is 113 Å². The number of amidine groups is 1. The van der Waals surface area contributed by atoms with E-state index in [1.807, 2.05) is 60.7 Å². The Morgan fingerprint density at radius 3 is 2.45 bits per heavy atom. The first-order chi connectivity index (χ1) is 24.0. The Balaban J connectivity index is 1.01. The van der Waals surface area contributed by atoms with Crippen LogP contribution in [-0.2, 0) is 30.4 Å². The van der Waals surface area contributed by atoms with Crippen LogP contribution in [0.15, 0.2) is 95.7 Å². The third-order valence-electron chi connectivity index (χ3n) is 8.96. The van der Waals surface area contributed by atoms with Gasteiger partial charge in [-0.15, -0.1) is 0 Å². The molecule has 0 aromatic heterocycles. The van der Waals surface area contributed by atoms with Gasteiger partial charge in [0.2, 0.25) is 11.8 Å². The van der Waals surface area contributed by atoms with Gasteiger partial charge in [0.1, 0.15) is 23.7 Å².